The summed E-state index contributed by atoms with van der Waals surface area (Å²) < 4.78 is 12.4. The average Bonchev–Trinajstić information content (AvgIpc) is 3.18. The standard InChI is InChI=1S/C24H23N3O4S/c1-3-20(30-18-9-5-4-6-10-18)24(29)26-19-11-7-8-12-21(19)32-15-17-14-23(28)27-22(25-17)13-16(2)31-27/h4-14,20H,3,15H2,1-2H3,(H,26,29)/t20-/m1/s1. The van der Waals surface area contributed by atoms with Crippen LogP contribution in [0.1, 0.15) is 24.8 Å². The second-order valence-electron chi connectivity index (χ2n) is 7.19. The van der Waals surface area contributed by atoms with E-state index in [-0.39, 0.29) is 11.5 Å². The third-order valence-electron chi connectivity index (χ3n) is 4.73. The number of anilines is 1. The highest BCUT2D eigenvalue weighted by Crippen LogP contribution is 2.29. The molecule has 8 heteroatoms. The predicted molar refractivity (Wildman–Crippen MR) is 124 cm³/mol. The summed E-state index contributed by atoms with van der Waals surface area (Å²) in [5.41, 5.74) is 1.55. The molecule has 0 bridgehead atoms. The summed E-state index contributed by atoms with van der Waals surface area (Å²) in [6.07, 6.45) is -0.0717. The Morgan fingerprint density at radius 1 is 1.16 bits per heavy atom. The van der Waals surface area contributed by atoms with E-state index in [4.69, 9.17) is 9.26 Å². The number of fused-ring (bicyclic) bond motifs is 1. The lowest BCUT2D eigenvalue weighted by Crippen LogP contribution is -2.32. The molecule has 4 aromatic rings. The van der Waals surface area contributed by atoms with Gasteiger partial charge in [-0.2, -0.15) is 0 Å². The molecule has 0 aliphatic carbocycles. The maximum Gasteiger partial charge on any atom is 0.287 e. The molecule has 0 saturated heterocycles. The Hall–Kier alpha value is -3.52. The highest BCUT2D eigenvalue weighted by Gasteiger charge is 2.19. The van der Waals surface area contributed by atoms with Crippen molar-refractivity contribution in [3.63, 3.8) is 0 Å². The molecule has 4 rings (SSSR count). The molecule has 2 aromatic carbocycles. The Morgan fingerprint density at radius 3 is 2.69 bits per heavy atom. The highest BCUT2D eigenvalue weighted by atomic mass is 32.2. The molecule has 7 nitrogen and oxygen atoms in total. The summed E-state index contributed by atoms with van der Waals surface area (Å²) in [5.74, 6) is 1.53. The van der Waals surface area contributed by atoms with Crippen molar-refractivity contribution in [3.05, 3.63) is 88.5 Å². The number of nitrogens with one attached hydrogen (secondary N) is 1. The summed E-state index contributed by atoms with van der Waals surface area (Å²) in [6.45, 7) is 3.68. The van der Waals surface area contributed by atoms with Crippen LogP contribution in [0.2, 0.25) is 0 Å². The zero-order chi connectivity index (χ0) is 22.5. The van der Waals surface area contributed by atoms with Crippen molar-refractivity contribution in [3.8, 4) is 5.75 Å². The molecule has 0 radical (unpaired) electrons. The first kappa shape index (κ1) is 21.7. The van der Waals surface area contributed by atoms with Crippen molar-refractivity contribution in [2.75, 3.05) is 5.32 Å². The SMILES string of the molecule is CC[C@@H](Oc1ccccc1)C(=O)Nc1ccccc1SCc1cc(=O)n2oc(C)cc2n1. The Balaban J connectivity index is 1.46. The number of benzene rings is 2. The van der Waals surface area contributed by atoms with Crippen molar-refractivity contribution in [1.82, 2.24) is 9.56 Å². The monoisotopic (exact) mass is 449 g/mol. The van der Waals surface area contributed by atoms with E-state index in [1.54, 1.807) is 13.0 Å². The zero-order valence-corrected chi connectivity index (χ0v) is 18.6. The number of carbonyl (C=O) groups excluding carboxylic acids is 1. The van der Waals surface area contributed by atoms with Gasteiger partial charge < -0.3 is 14.6 Å². The molecule has 0 saturated carbocycles. The van der Waals surface area contributed by atoms with Gasteiger partial charge in [0, 0.05) is 22.8 Å². The first-order chi connectivity index (χ1) is 15.5. The minimum absolute atomic E-state index is 0.212. The Morgan fingerprint density at radius 2 is 1.91 bits per heavy atom. The summed E-state index contributed by atoms with van der Waals surface area (Å²) in [5, 5.41) is 2.98. The van der Waals surface area contributed by atoms with Gasteiger partial charge in [-0.25, -0.2) is 4.98 Å². The van der Waals surface area contributed by atoms with Gasteiger partial charge in [0.15, 0.2) is 11.8 Å². The molecule has 0 aliphatic rings. The summed E-state index contributed by atoms with van der Waals surface area (Å²) >= 11 is 1.49. The Labute approximate surface area is 189 Å². The lowest BCUT2D eigenvalue weighted by Gasteiger charge is -2.18. The van der Waals surface area contributed by atoms with Crippen molar-refractivity contribution >= 4 is 29.0 Å². The maximum absolute atomic E-state index is 12.9. The molecule has 2 heterocycles. The number of ether oxygens (including phenoxy) is 1. The number of aromatic nitrogens is 2. The second-order valence-corrected chi connectivity index (χ2v) is 8.20. The van der Waals surface area contributed by atoms with Crippen LogP contribution in [0, 0.1) is 6.92 Å². The molecule has 1 N–H and O–H groups in total. The number of nitrogens with zero attached hydrogens (tertiary/aromatic N) is 2. The topological polar surface area (TPSA) is 85.8 Å². The minimum Gasteiger partial charge on any atom is -0.481 e. The van der Waals surface area contributed by atoms with Crippen LogP contribution in [-0.2, 0) is 10.5 Å². The van der Waals surface area contributed by atoms with Gasteiger partial charge in [0.1, 0.15) is 11.5 Å². The fourth-order valence-corrected chi connectivity index (χ4v) is 4.09. The van der Waals surface area contributed by atoms with Crippen LogP contribution in [0.5, 0.6) is 5.75 Å². The molecule has 2 aromatic heterocycles. The minimum atomic E-state index is -0.607. The number of carbonyl (C=O) groups is 1. The fraction of sp³-hybridized carbons (Fsp3) is 0.208. The zero-order valence-electron chi connectivity index (χ0n) is 17.8. The third-order valence-corrected chi connectivity index (χ3v) is 5.84. The normalized spacial score (nSPS) is 11.9. The molecule has 32 heavy (non-hydrogen) atoms. The van der Waals surface area contributed by atoms with Crippen molar-refractivity contribution in [2.45, 2.75) is 37.0 Å². The third kappa shape index (κ3) is 5.03. The molecule has 1 amide bonds. The Kier molecular flexibility index (Phi) is 6.61. The van der Waals surface area contributed by atoms with Crippen LogP contribution in [0.3, 0.4) is 0 Å². The quantitative estimate of drug-likeness (QED) is 0.393. The van der Waals surface area contributed by atoms with Crippen LogP contribution >= 0.6 is 11.8 Å². The van der Waals surface area contributed by atoms with Gasteiger partial charge in [-0.3, -0.25) is 9.59 Å². The number of para-hydroxylation sites is 2. The van der Waals surface area contributed by atoms with E-state index in [2.05, 4.69) is 10.3 Å². The van der Waals surface area contributed by atoms with Gasteiger partial charge in [-0.1, -0.05) is 37.3 Å². The summed E-state index contributed by atoms with van der Waals surface area (Å²) in [4.78, 5) is 30.5. The largest absolute Gasteiger partial charge is 0.481 e. The van der Waals surface area contributed by atoms with Crippen molar-refractivity contribution in [1.29, 1.82) is 0 Å². The number of hydrogen-bond acceptors (Lipinski definition) is 6. The molecular formula is C24H23N3O4S. The van der Waals surface area contributed by atoms with E-state index < -0.39 is 6.10 Å². The van der Waals surface area contributed by atoms with Gasteiger partial charge in [-0.15, -0.1) is 16.3 Å². The maximum atomic E-state index is 12.9. The molecule has 0 spiro atoms. The average molecular weight is 450 g/mol. The molecule has 0 fully saturated rings. The second kappa shape index (κ2) is 9.74. The number of rotatable bonds is 8. The van der Waals surface area contributed by atoms with E-state index in [0.717, 1.165) is 4.90 Å². The van der Waals surface area contributed by atoms with Crippen molar-refractivity contribution in [2.24, 2.45) is 0 Å². The fourth-order valence-electron chi connectivity index (χ4n) is 3.19. The van der Waals surface area contributed by atoms with Gasteiger partial charge in [0.2, 0.25) is 0 Å². The van der Waals surface area contributed by atoms with Crippen LogP contribution in [0.4, 0.5) is 5.69 Å². The number of thioether (sulfide) groups is 1. The van der Waals surface area contributed by atoms with E-state index in [9.17, 15) is 9.59 Å². The molecule has 164 valence electrons. The first-order valence-corrected chi connectivity index (χ1v) is 11.3. The van der Waals surface area contributed by atoms with E-state index in [1.807, 2.05) is 61.5 Å². The lowest BCUT2D eigenvalue weighted by molar-refractivity contribution is -0.122. The van der Waals surface area contributed by atoms with Crippen LogP contribution in [0.25, 0.3) is 5.65 Å². The first-order valence-electron chi connectivity index (χ1n) is 10.3. The number of amides is 1. The lowest BCUT2D eigenvalue weighted by atomic mass is 10.2. The van der Waals surface area contributed by atoms with Gasteiger partial charge in [0.05, 0.1) is 11.4 Å². The van der Waals surface area contributed by atoms with E-state index in [1.165, 1.54) is 22.4 Å². The highest BCUT2D eigenvalue weighted by molar-refractivity contribution is 7.98. The molecule has 0 unspecified atom stereocenters. The smallest absolute Gasteiger partial charge is 0.287 e. The van der Waals surface area contributed by atoms with E-state index >= 15 is 0 Å². The Bertz CT molecular complexity index is 1280. The number of aryl methyl sites for hydroxylation is 1. The van der Waals surface area contributed by atoms with Crippen LogP contribution in [-0.4, -0.2) is 21.6 Å². The number of hydrogen-bond donors (Lipinski definition) is 1. The van der Waals surface area contributed by atoms with E-state index in [0.29, 0.717) is 40.7 Å². The van der Waals surface area contributed by atoms with Gasteiger partial charge in [-0.05, 0) is 37.6 Å². The van der Waals surface area contributed by atoms with Crippen molar-refractivity contribution < 1.29 is 14.1 Å². The molecule has 0 aliphatic heterocycles. The van der Waals surface area contributed by atoms with Crippen LogP contribution < -0.4 is 15.6 Å². The predicted octanol–water partition coefficient (Wildman–Crippen LogP) is 4.68. The summed E-state index contributed by atoms with van der Waals surface area (Å²) in [6, 6.07) is 20.0. The van der Waals surface area contributed by atoms with Gasteiger partial charge in [0.25, 0.3) is 11.5 Å². The molecular weight excluding hydrogens is 426 g/mol. The molecule has 1 atom stereocenters. The van der Waals surface area contributed by atoms with Gasteiger partial charge >= 0.3 is 0 Å². The van der Waals surface area contributed by atoms with Crippen LogP contribution in [0.15, 0.2) is 80.9 Å². The summed E-state index contributed by atoms with van der Waals surface area (Å²) in [7, 11) is 0.